The van der Waals surface area contributed by atoms with Crippen molar-refractivity contribution in [3.05, 3.63) is 34.9 Å². The molecule has 4 nitrogen and oxygen atoms in total. The highest BCUT2D eigenvalue weighted by atomic mass is 19.1. The third kappa shape index (κ3) is 2.73. The largest absolute Gasteiger partial charge is 0.384 e. The zero-order valence-corrected chi connectivity index (χ0v) is 12.6. The summed E-state index contributed by atoms with van der Waals surface area (Å²) >= 11 is 0. The summed E-state index contributed by atoms with van der Waals surface area (Å²) in [5.74, 6) is -1.25. The number of halogens is 2. The maximum Gasteiger partial charge on any atom is 0.251 e. The minimum absolute atomic E-state index is 0.0176. The molecule has 2 unspecified atom stereocenters. The van der Waals surface area contributed by atoms with Crippen molar-refractivity contribution in [3.63, 3.8) is 0 Å². The molecular formula is C16H20F2N2O2. The third-order valence-electron chi connectivity index (χ3n) is 4.65. The number of piperazine rings is 1. The summed E-state index contributed by atoms with van der Waals surface area (Å²) in [6, 6.07) is 2.40. The molecule has 3 rings (SSSR count). The number of carbonyl (C=O) groups is 1. The first kappa shape index (κ1) is 15.4. The second kappa shape index (κ2) is 5.93. The molecule has 0 aromatic heterocycles. The van der Waals surface area contributed by atoms with Crippen LogP contribution in [0, 0.1) is 11.6 Å². The van der Waals surface area contributed by atoms with Crippen LogP contribution in [0.4, 0.5) is 8.78 Å². The van der Waals surface area contributed by atoms with Crippen LogP contribution in [-0.2, 0) is 11.2 Å². The Kier molecular flexibility index (Phi) is 4.14. The zero-order valence-electron chi connectivity index (χ0n) is 12.6. The van der Waals surface area contributed by atoms with Crippen molar-refractivity contribution in [3.8, 4) is 0 Å². The average Bonchev–Trinajstić information content (AvgIpc) is 2.90. The van der Waals surface area contributed by atoms with E-state index in [0.29, 0.717) is 38.2 Å². The first-order chi connectivity index (χ1) is 10.5. The summed E-state index contributed by atoms with van der Waals surface area (Å²) in [6.07, 6.45) is 0.417. The molecular weight excluding hydrogens is 290 g/mol. The molecule has 1 aromatic carbocycles. The molecule has 0 bridgehead atoms. The fourth-order valence-electron chi connectivity index (χ4n) is 3.52. The number of aliphatic hydroxyl groups is 1. The first-order valence-corrected chi connectivity index (χ1v) is 7.66. The normalized spacial score (nSPS) is 23.5. The lowest BCUT2D eigenvalue weighted by Crippen LogP contribution is -2.51. The van der Waals surface area contributed by atoms with Crippen molar-refractivity contribution >= 4 is 5.91 Å². The number of amides is 1. The van der Waals surface area contributed by atoms with Gasteiger partial charge in [-0.1, -0.05) is 0 Å². The van der Waals surface area contributed by atoms with Crippen molar-refractivity contribution < 1.29 is 18.7 Å². The SMILES string of the molecule is CC(O)C(=O)N1CCN(C2CCc3c(F)cc(F)cc32)CC1. The summed E-state index contributed by atoms with van der Waals surface area (Å²) in [6.45, 7) is 3.84. The number of aliphatic hydroxyl groups excluding tert-OH is 1. The van der Waals surface area contributed by atoms with Crippen molar-refractivity contribution in [2.45, 2.75) is 31.9 Å². The Balaban J connectivity index is 1.71. The number of benzene rings is 1. The van der Waals surface area contributed by atoms with Gasteiger partial charge in [-0.3, -0.25) is 9.69 Å². The maximum absolute atomic E-state index is 13.8. The lowest BCUT2D eigenvalue weighted by Gasteiger charge is -2.38. The van der Waals surface area contributed by atoms with Crippen LogP contribution in [0.25, 0.3) is 0 Å². The predicted molar refractivity (Wildman–Crippen MR) is 77.3 cm³/mol. The molecule has 2 atom stereocenters. The molecule has 1 amide bonds. The standard InChI is InChI=1S/C16H20F2N2O2/c1-10(21)16(22)20-6-4-19(5-7-20)15-3-2-12-13(15)8-11(17)9-14(12)18/h8-10,15,21H,2-7H2,1H3. The van der Waals surface area contributed by atoms with Gasteiger partial charge in [-0.05, 0) is 37.0 Å². The fraction of sp³-hybridized carbons (Fsp3) is 0.562. The van der Waals surface area contributed by atoms with E-state index in [1.54, 1.807) is 4.90 Å². The first-order valence-electron chi connectivity index (χ1n) is 7.66. The van der Waals surface area contributed by atoms with Crippen molar-refractivity contribution in [2.24, 2.45) is 0 Å². The second-order valence-electron chi connectivity index (χ2n) is 6.05. The number of hydrogen-bond acceptors (Lipinski definition) is 3. The van der Waals surface area contributed by atoms with Crippen LogP contribution < -0.4 is 0 Å². The summed E-state index contributed by atoms with van der Waals surface area (Å²) in [7, 11) is 0. The Hall–Kier alpha value is -1.53. The van der Waals surface area contributed by atoms with E-state index < -0.39 is 17.7 Å². The van der Waals surface area contributed by atoms with E-state index >= 15 is 0 Å². The van der Waals surface area contributed by atoms with Crippen LogP contribution in [0.1, 0.15) is 30.5 Å². The molecule has 22 heavy (non-hydrogen) atoms. The highest BCUT2D eigenvalue weighted by Gasteiger charge is 2.33. The van der Waals surface area contributed by atoms with Gasteiger partial charge in [0.05, 0.1) is 0 Å². The molecule has 0 saturated carbocycles. The van der Waals surface area contributed by atoms with Crippen LogP contribution in [-0.4, -0.2) is 53.1 Å². The van der Waals surface area contributed by atoms with Crippen molar-refractivity contribution in [1.29, 1.82) is 0 Å². The quantitative estimate of drug-likeness (QED) is 0.900. The monoisotopic (exact) mass is 310 g/mol. The number of hydrogen-bond donors (Lipinski definition) is 1. The fourth-order valence-corrected chi connectivity index (χ4v) is 3.52. The minimum Gasteiger partial charge on any atom is -0.384 e. The average molecular weight is 310 g/mol. The molecule has 1 saturated heterocycles. The lowest BCUT2D eigenvalue weighted by molar-refractivity contribution is -0.141. The molecule has 1 aliphatic carbocycles. The van der Waals surface area contributed by atoms with Crippen LogP contribution >= 0.6 is 0 Å². The maximum atomic E-state index is 13.8. The molecule has 1 aromatic rings. The van der Waals surface area contributed by atoms with E-state index in [1.807, 2.05) is 0 Å². The van der Waals surface area contributed by atoms with Gasteiger partial charge in [0, 0.05) is 38.3 Å². The van der Waals surface area contributed by atoms with Crippen LogP contribution in [0.5, 0.6) is 0 Å². The van der Waals surface area contributed by atoms with Gasteiger partial charge >= 0.3 is 0 Å². The van der Waals surface area contributed by atoms with Crippen molar-refractivity contribution in [2.75, 3.05) is 26.2 Å². The van der Waals surface area contributed by atoms with Gasteiger partial charge in [-0.2, -0.15) is 0 Å². The molecule has 2 aliphatic rings. The van der Waals surface area contributed by atoms with Gasteiger partial charge in [0.25, 0.3) is 5.91 Å². The highest BCUT2D eigenvalue weighted by Crippen LogP contribution is 2.38. The lowest BCUT2D eigenvalue weighted by atomic mass is 10.1. The summed E-state index contributed by atoms with van der Waals surface area (Å²) in [4.78, 5) is 15.6. The Morgan fingerprint density at radius 2 is 1.95 bits per heavy atom. The molecule has 120 valence electrons. The Morgan fingerprint density at radius 3 is 2.59 bits per heavy atom. The summed E-state index contributed by atoms with van der Waals surface area (Å²) < 4.78 is 27.3. The number of carbonyl (C=O) groups excluding carboxylic acids is 1. The number of nitrogens with zero attached hydrogens (tertiary/aromatic N) is 2. The third-order valence-corrected chi connectivity index (χ3v) is 4.65. The van der Waals surface area contributed by atoms with E-state index in [9.17, 15) is 18.7 Å². The second-order valence-corrected chi connectivity index (χ2v) is 6.05. The highest BCUT2D eigenvalue weighted by molar-refractivity contribution is 5.80. The summed E-state index contributed by atoms with van der Waals surface area (Å²) in [5.41, 5.74) is 1.36. The van der Waals surface area contributed by atoms with Crippen LogP contribution in [0.15, 0.2) is 12.1 Å². The minimum atomic E-state index is -0.984. The zero-order chi connectivity index (χ0) is 15.9. The van der Waals surface area contributed by atoms with Crippen molar-refractivity contribution in [1.82, 2.24) is 9.80 Å². The summed E-state index contributed by atoms with van der Waals surface area (Å²) in [5, 5.41) is 9.35. The van der Waals surface area contributed by atoms with Gasteiger partial charge in [0.15, 0.2) is 0 Å². The van der Waals surface area contributed by atoms with E-state index in [-0.39, 0.29) is 11.9 Å². The van der Waals surface area contributed by atoms with Gasteiger partial charge in [0.2, 0.25) is 0 Å². The number of rotatable bonds is 2. The Labute approximate surface area is 128 Å². The van der Waals surface area contributed by atoms with Gasteiger partial charge in [-0.25, -0.2) is 8.78 Å². The number of fused-ring (bicyclic) bond motifs is 1. The molecule has 0 spiro atoms. The van der Waals surface area contributed by atoms with E-state index in [2.05, 4.69) is 4.90 Å². The van der Waals surface area contributed by atoms with E-state index in [1.165, 1.54) is 13.0 Å². The smallest absolute Gasteiger partial charge is 0.251 e. The van der Waals surface area contributed by atoms with E-state index in [4.69, 9.17) is 0 Å². The predicted octanol–water partition coefficient (Wildman–Crippen LogP) is 1.48. The molecule has 1 fully saturated rings. The van der Waals surface area contributed by atoms with E-state index in [0.717, 1.165) is 18.1 Å². The molecule has 1 heterocycles. The molecule has 1 aliphatic heterocycles. The Bertz CT molecular complexity index is 584. The van der Waals surface area contributed by atoms with Gasteiger partial charge < -0.3 is 10.0 Å². The molecule has 0 radical (unpaired) electrons. The van der Waals surface area contributed by atoms with Crippen LogP contribution in [0.2, 0.25) is 0 Å². The molecule has 6 heteroatoms. The van der Waals surface area contributed by atoms with Gasteiger partial charge in [0.1, 0.15) is 17.7 Å². The van der Waals surface area contributed by atoms with Crippen LogP contribution in [0.3, 0.4) is 0 Å². The Morgan fingerprint density at radius 1 is 1.27 bits per heavy atom. The topological polar surface area (TPSA) is 43.8 Å². The van der Waals surface area contributed by atoms with Gasteiger partial charge in [-0.15, -0.1) is 0 Å². The molecule has 1 N–H and O–H groups in total.